The molecular formula is C18H19N5O5S. The van der Waals surface area contributed by atoms with Crippen LogP contribution in [-0.4, -0.2) is 39.7 Å². The molecule has 2 aromatic heterocycles. The molecule has 0 unspecified atom stereocenters. The van der Waals surface area contributed by atoms with Gasteiger partial charge in [0.15, 0.2) is 11.5 Å². The predicted octanol–water partition coefficient (Wildman–Crippen LogP) is 4.18. The Hall–Kier alpha value is -3.47. The average molecular weight is 417 g/mol. The molecule has 10 nitrogen and oxygen atoms in total. The minimum Gasteiger partial charge on any atom is -0.493 e. The van der Waals surface area contributed by atoms with E-state index in [1.54, 1.807) is 18.2 Å². The lowest BCUT2D eigenvalue weighted by Crippen LogP contribution is -2.04. The normalized spacial score (nSPS) is 11.1. The van der Waals surface area contributed by atoms with Crippen molar-refractivity contribution in [2.75, 3.05) is 13.7 Å². The maximum atomic E-state index is 11.5. The highest BCUT2D eigenvalue weighted by molar-refractivity contribution is 7.71. The third-order valence-corrected chi connectivity index (χ3v) is 4.20. The number of methoxy groups -OCH3 is 1. The van der Waals surface area contributed by atoms with Crippen LogP contribution in [0, 0.1) is 14.9 Å². The largest absolute Gasteiger partial charge is 0.493 e. The highest BCUT2D eigenvalue weighted by Gasteiger charge is 2.22. The number of ether oxygens (including phenoxy) is 2. The Kier molecular flexibility index (Phi) is 6.39. The van der Waals surface area contributed by atoms with Gasteiger partial charge in [-0.3, -0.25) is 10.1 Å². The first-order valence-corrected chi connectivity index (χ1v) is 9.20. The van der Waals surface area contributed by atoms with Crippen LogP contribution in [0.3, 0.4) is 0 Å². The van der Waals surface area contributed by atoms with Crippen molar-refractivity contribution in [3.63, 3.8) is 0 Å². The van der Waals surface area contributed by atoms with E-state index < -0.39 is 4.92 Å². The summed E-state index contributed by atoms with van der Waals surface area (Å²) in [6.45, 7) is 2.37. The second kappa shape index (κ2) is 9.15. The third kappa shape index (κ3) is 4.51. The Balaban J connectivity index is 1.98. The zero-order valence-corrected chi connectivity index (χ0v) is 16.6. The number of benzene rings is 1. The molecule has 0 atom stereocenters. The number of hydrogen-bond donors (Lipinski definition) is 1. The van der Waals surface area contributed by atoms with Gasteiger partial charge in [0.25, 0.3) is 0 Å². The molecule has 0 amide bonds. The van der Waals surface area contributed by atoms with E-state index in [0.29, 0.717) is 23.8 Å². The summed E-state index contributed by atoms with van der Waals surface area (Å²) in [6, 6.07) is 6.40. The summed E-state index contributed by atoms with van der Waals surface area (Å²) in [5.41, 5.74) is 0.230. The summed E-state index contributed by atoms with van der Waals surface area (Å²) in [5, 5.41) is 22.6. The van der Waals surface area contributed by atoms with Crippen LogP contribution in [0.1, 0.15) is 25.3 Å². The molecule has 2 heterocycles. The highest BCUT2D eigenvalue weighted by Crippen LogP contribution is 2.38. The molecule has 1 aromatic carbocycles. The van der Waals surface area contributed by atoms with Gasteiger partial charge in [-0.05, 0) is 36.8 Å². The van der Waals surface area contributed by atoms with Gasteiger partial charge >= 0.3 is 5.69 Å². The van der Waals surface area contributed by atoms with Gasteiger partial charge in [-0.25, -0.2) is 5.10 Å². The Morgan fingerprint density at radius 1 is 1.48 bits per heavy atom. The van der Waals surface area contributed by atoms with E-state index in [4.69, 9.17) is 26.1 Å². The fourth-order valence-electron chi connectivity index (χ4n) is 2.52. The van der Waals surface area contributed by atoms with E-state index in [0.717, 1.165) is 12.8 Å². The van der Waals surface area contributed by atoms with E-state index >= 15 is 0 Å². The Morgan fingerprint density at radius 3 is 2.97 bits per heavy atom. The maximum Gasteiger partial charge on any atom is 0.315 e. The van der Waals surface area contributed by atoms with E-state index in [-0.39, 0.29) is 22.0 Å². The van der Waals surface area contributed by atoms with Crippen molar-refractivity contribution in [3.05, 3.63) is 51.0 Å². The smallest absolute Gasteiger partial charge is 0.315 e. The quantitative estimate of drug-likeness (QED) is 0.182. The van der Waals surface area contributed by atoms with Crippen molar-refractivity contribution < 1.29 is 18.8 Å². The molecule has 3 aromatic rings. The number of nitrogens with one attached hydrogen (secondary N) is 1. The predicted molar refractivity (Wildman–Crippen MR) is 108 cm³/mol. The first kappa shape index (κ1) is 20.3. The Morgan fingerprint density at radius 2 is 2.31 bits per heavy atom. The first-order valence-electron chi connectivity index (χ1n) is 8.80. The zero-order chi connectivity index (χ0) is 20.8. The summed E-state index contributed by atoms with van der Waals surface area (Å²) in [7, 11) is 1.42. The molecule has 0 saturated carbocycles. The average Bonchev–Trinajstić information content (AvgIpc) is 3.36. The van der Waals surface area contributed by atoms with Crippen molar-refractivity contribution >= 4 is 24.1 Å². The molecule has 0 bridgehead atoms. The molecule has 0 fully saturated rings. The lowest BCUT2D eigenvalue weighted by Gasteiger charge is -2.11. The third-order valence-electron chi connectivity index (χ3n) is 3.93. The van der Waals surface area contributed by atoms with Crippen molar-refractivity contribution in [2.24, 2.45) is 5.10 Å². The van der Waals surface area contributed by atoms with Gasteiger partial charge in [0, 0.05) is 11.6 Å². The van der Waals surface area contributed by atoms with Crippen molar-refractivity contribution in [1.82, 2.24) is 14.9 Å². The molecule has 0 aliphatic rings. The molecule has 0 spiro atoms. The highest BCUT2D eigenvalue weighted by atomic mass is 32.1. The van der Waals surface area contributed by atoms with Crippen LogP contribution >= 0.6 is 12.2 Å². The fourth-order valence-corrected chi connectivity index (χ4v) is 2.70. The van der Waals surface area contributed by atoms with Gasteiger partial charge < -0.3 is 13.9 Å². The van der Waals surface area contributed by atoms with E-state index in [2.05, 4.69) is 15.3 Å². The molecule has 152 valence electrons. The topological polar surface area (TPSA) is 121 Å². The van der Waals surface area contributed by atoms with Gasteiger partial charge in [-0.1, -0.05) is 13.3 Å². The van der Waals surface area contributed by atoms with Crippen LogP contribution in [0.15, 0.2) is 40.0 Å². The van der Waals surface area contributed by atoms with Crippen LogP contribution in [0.25, 0.3) is 11.6 Å². The molecule has 0 aliphatic heterocycles. The van der Waals surface area contributed by atoms with Gasteiger partial charge in [0.05, 0.1) is 31.1 Å². The number of rotatable bonds is 9. The second-order valence-corrected chi connectivity index (χ2v) is 6.30. The standard InChI is InChI=1S/C18H19N5O5S/c1-3-4-7-28-16-13(23(24)25)9-12(10-15(16)26-2)11-19-22-17(20-21-18(22)29)14-6-5-8-27-14/h5-6,8-11H,3-4,7H2,1-2H3,(H,21,29)/b19-11-. The number of nitro benzene ring substituents is 1. The maximum absolute atomic E-state index is 11.5. The van der Waals surface area contributed by atoms with E-state index in [9.17, 15) is 10.1 Å². The van der Waals surface area contributed by atoms with Crippen LogP contribution in [-0.2, 0) is 0 Å². The summed E-state index contributed by atoms with van der Waals surface area (Å²) in [6.07, 6.45) is 4.61. The minimum absolute atomic E-state index is 0.0966. The van der Waals surface area contributed by atoms with Gasteiger partial charge in [0.2, 0.25) is 16.3 Å². The van der Waals surface area contributed by atoms with Crippen molar-refractivity contribution in [3.8, 4) is 23.1 Å². The number of furan rings is 1. The molecule has 0 aliphatic carbocycles. The summed E-state index contributed by atoms with van der Waals surface area (Å²) in [5.74, 6) is 1.19. The molecule has 1 N–H and O–H groups in total. The lowest BCUT2D eigenvalue weighted by molar-refractivity contribution is -0.386. The fraction of sp³-hybridized carbons (Fsp3) is 0.278. The molecule has 11 heteroatoms. The number of unbranched alkanes of at least 4 members (excludes halogenated alkanes) is 1. The molecule has 0 saturated heterocycles. The summed E-state index contributed by atoms with van der Waals surface area (Å²) in [4.78, 5) is 11.0. The van der Waals surface area contributed by atoms with Crippen molar-refractivity contribution in [1.29, 1.82) is 0 Å². The van der Waals surface area contributed by atoms with Crippen LogP contribution in [0.4, 0.5) is 5.69 Å². The van der Waals surface area contributed by atoms with Crippen molar-refractivity contribution in [2.45, 2.75) is 19.8 Å². The number of aromatic amines is 1. The number of H-pyrrole nitrogens is 1. The van der Waals surface area contributed by atoms with Crippen LogP contribution in [0.5, 0.6) is 11.5 Å². The van der Waals surface area contributed by atoms with E-state index in [1.165, 1.54) is 30.3 Å². The number of hydrogen-bond acceptors (Lipinski definition) is 8. The van der Waals surface area contributed by atoms with E-state index in [1.807, 2.05) is 6.92 Å². The molecule has 0 radical (unpaired) electrons. The van der Waals surface area contributed by atoms with Gasteiger partial charge in [0.1, 0.15) is 0 Å². The summed E-state index contributed by atoms with van der Waals surface area (Å²) < 4.78 is 17.8. The number of nitrogens with zero attached hydrogens (tertiary/aromatic N) is 4. The summed E-state index contributed by atoms with van der Waals surface area (Å²) >= 11 is 5.19. The SMILES string of the molecule is CCCCOc1c(OC)cc(/C=N\n2c(-c3ccco3)n[nH]c2=S)cc1[N+](=O)[O-]. The van der Waals surface area contributed by atoms with Gasteiger partial charge in [-0.15, -0.1) is 5.10 Å². The van der Waals surface area contributed by atoms with Gasteiger partial charge in [-0.2, -0.15) is 9.78 Å². The molecule has 3 rings (SSSR count). The first-order chi connectivity index (χ1) is 14.0. The Bertz CT molecular complexity index is 1070. The Labute approximate surface area is 170 Å². The molecular weight excluding hydrogens is 398 g/mol. The number of aromatic nitrogens is 3. The minimum atomic E-state index is -0.515. The van der Waals surface area contributed by atoms with Crippen LogP contribution in [0.2, 0.25) is 0 Å². The lowest BCUT2D eigenvalue weighted by atomic mass is 10.2. The second-order valence-electron chi connectivity index (χ2n) is 5.92. The number of nitro groups is 1. The monoisotopic (exact) mass is 417 g/mol. The molecule has 29 heavy (non-hydrogen) atoms. The zero-order valence-electron chi connectivity index (χ0n) is 15.8. The van der Waals surface area contributed by atoms with Crippen LogP contribution < -0.4 is 9.47 Å².